The van der Waals surface area contributed by atoms with E-state index >= 15 is 0 Å². The van der Waals surface area contributed by atoms with E-state index in [0.29, 0.717) is 11.5 Å². The summed E-state index contributed by atoms with van der Waals surface area (Å²) in [4.78, 5) is 24.4. The number of hydrogen-bond acceptors (Lipinski definition) is 6. The minimum Gasteiger partial charge on any atom is -0.478 e. The Hall–Kier alpha value is -1.48. The highest BCUT2D eigenvalue weighted by Gasteiger charge is 2.37. The highest BCUT2D eigenvalue weighted by atomic mass is 32.2. The van der Waals surface area contributed by atoms with Crippen molar-refractivity contribution in [2.75, 3.05) is 23.8 Å². The third-order valence-electron chi connectivity index (χ3n) is 3.22. The first-order chi connectivity index (χ1) is 9.86. The molecule has 2 heterocycles. The summed E-state index contributed by atoms with van der Waals surface area (Å²) in [7, 11) is -3.41. The van der Waals surface area contributed by atoms with Crippen LogP contribution in [0.4, 0.5) is 0 Å². The zero-order chi connectivity index (χ0) is 15.6. The van der Waals surface area contributed by atoms with E-state index in [1.807, 2.05) is 0 Å². The molecule has 1 aliphatic rings. The van der Waals surface area contributed by atoms with Crippen molar-refractivity contribution in [1.82, 2.24) is 4.90 Å². The van der Waals surface area contributed by atoms with E-state index in [0.717, 1.165) is 12.3 Å². The zero-order valence-electron chi connectivity index (χ0n) is 11.3. The molecule has 21 heavy (non-hydrogen) atoms. The van der Waals surface area contributed by atoms with Crippen LogP contribution in [0.1, 0.15) is 27.8 Å². The van der Waals surface area contributed by atoms with Gasteiger partial charge in [0, 0.05) is 29.9 Å². The van der Waals surface area contributed by atoms with Gasteiger partial charge in [-0.05, 0) is 0 Å². The Labute approximate surface area is 126 Å². The number of thioether (sulfide) groups is 1. The molecule has 1 saturated heterocycles. The molecule has 1 amide bonds. The van der Waals surface area contributed by atoms with Crippen LogP contribution < -0.4 is 0 Å². The SMILES string of the molecule is CCS(=O)(=O)C1CSCCN1C(=O)c1cc(C(=O)O)co1. The first-order valence-corrected chi connectivity index (χ1v) is 9.16. The fourth-order valence-corrected chi connectivity index (χ4v) is 4.97. The largest absolute Gasteiger partial charge is 0.478 e. The number of carboxylic acids is 1. The molecule has 1 aliphatic heterocycles. The summed E-state index contributed by atoms with van der Waals surface area (Å²) >= 11 is 1.47. The summed E-state index contributed by atoms with van der Waals surface area (Å²) in [5.74, 6) is -1.06. The molecule has 0 aromatic carbocycles. The minimum atomic E-state index is -3.41. The van der Waals surface area contributed by atoms with Crippen LogP contribution in [0.25, 0.3) is 0 Å². The molecule has 0 saturated carbocycles. The predicted molar refractivity (Wildman–Crippen MR) is 77.3 cm³/mol. The van der Waals surface area contributed by atoms with Crippen LogP contribution in [0.2, 0.25) is 0 Å². The molecular formula is C12H15NO6S2. The van der Waals surface area contributed by atoms with Gasteiger partial charge in [-0.2, -0.15) is 11.8 Å². The molecule has 0 aliphatic carbocycles. The second-order valence-corrected chi connectivity index (χ2v) is 8.08. The molecule has 7 nitrogen and oxygen atoms in total. The van der Waals surface area contributed by atoms with Crippen LogP contribution >= 0.6 is 11.8 Å². The highest BCUT2D eigenvalue weighted by Crippen LogP contribution is 2.24. The molecule has 1 atom stereocenters. The quantitative estimate of drug-likeness (QED) is 0.873. The topological polar surface area (TPSA) is 105 Å². The van der Waals surface area contributed by atoms with Gasteiger partial charge in [-0.15, -0.1) is 0 Å². The molecule has 0 radical (unpaired) electrons. The van der Waals surface area contributed by atoms with Crippen LogP contribution in [0, 0.1) is 0 Å². The fraction of sp³-hybridized carbons (Fsp3) is 0.500. The van der Waals surface area contributed by atoms with Crippen molar-refractivity contribution in [2.24, 2.45) is 0 Å². The number of furan rings is 1. The van der Waals surface area contributed by atoms with Crippen molar-refractivity contribution in [3.05, 3.63) is 23.7 Å². The van der Waals surface area contributed by atoms with Crippen molar-refractivity contribution in [2.45, 2.75) is 12.3 Å². The third kappa shape index (κ3) is 3.24. The Bertz CT molecular complexity index is 650. The molecule has 9 heteroatoms. The van der Waals surface area contributed by atoms with Crippen molar-refractivity contribution < 1.29 is 27.5 Å². The lowest BCUT2D eigenvalue weighted by Gasteiger charge is -2.34. The van der Waals surface area contributed by atoms with Crippen molar-refractivity contribution in [3.63, 3.8) is 0 Å². The van der Waals surface area contributed by atoms with Gasteiger partial charge in [0.25, 0.3) is 5.91 Å². The number of nitrogens with zero attached hydrogens (tertiary/aromatic N) is 1. The van der Waals surface area contributed by atoms with Crippen LogP contribution in [-0.4, -0.2) is 59.5 Å². The van der Waals surface area contributed by atoms with Gasteiger partial charge < -0.3 is 14.4 Å². The van der Waals surface area contributed by atoms with Crippen molar-refractivity contribution >= 4 is 33.5 Å². The standard InChI is InChI=1S/C12H15NO6S2/c1-2-21(17,18)10-7-20-4-3-13(10)11(14)9-5-8(6-19-9)12(15)16/h5-6,10H,2-4,7H2,1H3,(H,15,16). The molecule has 2 rings (SSSR count). The van der Waals surface area contributed by atoms with Crippen LogP contribution in [0.15, 0.2) is 16.7 Å². The normalized spacial score (nSPS) is 19.5. The molecule has 116 valence electrons. The Morgan fingerprint density at radius 2 is 2.24 bits per heavy atom. The molecule has 1 aromatic heterocycles. The van der Waals surface area contributed by atoms with E-state index in [2.05, 4.69) is 0 Å². The average molecular weight is 333 g/mol. The number of carboxylic acid groups (broad SMARTS) is 1. The van der Waals surface area contributed by atoms with Crippen LogP contribution in [0.3, 0.4) is 0 Å². The van der Waals surface area contributed by atoms with Crippen molar-refractivity contribution in [3.8, 4) is 0 Å². The van der Waals surface area contributed by atoms with Gasteiger partial charge in [-0.3, -0.25) is 4.79 Å². The van der Waals surface area contributed by atoms with Gasteiger partial charge in [0.05, 0.1) is 5.56 Å². The number of carbonyl (C=O) groups is 2. The number of amides is 1. The molecule has 0 bridgehead atoms. The number of aromatic carboxylic acids is 1. The minimum absolute atomic E-state index is 0.0550. The lowest BCUT2D eigenvalue weighted by Crippen LogP contribution is -2.50. The number of rotatable bonds is 4. The van der Waals surface area contributed by atoms with Gasteiger partial charge in [0.1, 0.15) is 11.6 Å². The number of carbonyl (C=O) groups excluding carboxylic acids is 1. The molecule has 1 fully saturated rings. The van der Waals surface area contributed by atoms with E-state index in [9.17, 15) is 18.0 Å². The van der Waals surface area contributed by atoms with Gasteiger partial charge in [-0.1, -0.05) is 6.92 Å². The number of hydrogen-bond donors (Lipinski definition) is 1. The first kappa shape index (κ1) is 15.9. The zero-order valence-corrected chi connectivity index (χ0v) is 12.9. The summed E-state index contributed by atoms with van der Waals surface area (Å²) in [6.07, 6.45) is 0.970. The van der Waals surface area contributed by atoms with E-state index in [-0.39, 0.29) is 23.6 Å². The lowest BCUT2D eigenvalue weighted by molar-refractivity contribution is 0.0693. The maximum Gasteiger partial charge on any atom is 0.338 e. The Kier molecular flexibility index (Phi) is 4.62. The fourth-order valence-electron chi connectivity index (χ4n) is 2.01. The molecule has 1 N–H and O–H groups in total. The predicted octanol–water partition coefficient (Wildman–Crippen LogP) is 0.928. The second-order valence-electron chi connectivity index (χ2n) is 4.48. The molecule has 1 unspecified atom stereocenters. The summed E-state index contributed by atoms with van der Waals surface area (Å²) in [6, 6.07) is 1.11. The Morgan fingerprint density at radius 1 is 1.52 bits per heavy atom. The second kappa shape index (κ2) is 6.10. The summed E-state index contributed by atoms with van der Waals surface area (Å²) < 4.78 is 29.1. The molecule has 0 spiro atoms. The monoisotopic (exact) mass is 333 g/mol. The maximum absolute atomic E-state index is 12.4. The lowest BCUT2D eigenvalue weighted by atomic mass is 10.3. The van der Waals surface area contributed by atoms with Crippen LogP contribution in [-0.2, 0) is 9.84 Å². The van der Waals surface area contributed by atoms with Gasteiger partial charge in [-0.25, -0.2) is 13.2 Å². The third-order valence-corrected chi connectivity index (χ3v) is 6.51. The van der Waals surface area contributed by atoms with E-state index in [1.165, 1.54) is 23.6 Å². The highest BCUT2D eigenvalue weighted by molar-refractivity contribution is 8.01. The summed E-state index contributed by atoms with van der Waals surface area (Å²) in [5.41, 5.74) is -0.139. The first-order valence-electron chi connectivity index (χ1n) is 6.29. The van der Waals surface area contributed by atoms with Gasteiger partial charge in [0.15, 0.2) is 15.6 Å². The Morgan fingerprint density at radius 3 is 2.81 bits per heavy atom. The van der Waals surface area contributed by atoms with Gasteiger partial charge >= 0.3 is 5.97 Å². The Balaban J connectivity index is 2.28. The van der Waals surface area contributed by atoms with E-state index < -0.39 is 27.1 Å². The van der Waals surface area contributed by atoms with Crippen LogP contribution in [0.5, 0.6) is 0 Å². The smallest absolute Gasteiger partial charge is 0.338 e. The van der Waals surface area contributed by atoms with Crippen molar-refractivity contribution in [1.29, 1.82) is 0 Å². The van der Waals surface area contributed by atoms with E-state index in [1.54, 1.807) is 0 Å². The molecule has 1 aromatic rings. The summed E-state index contributed by atoms with van der Waals surface area (Å²) in [5, 5.41) is 7.93. The average Bonchev–Trinajstić information content (AvgIpc) is 2.96. The molecular weight excluding hydrogens is 318 g/mol. The maximum atomic E-state index is 12.4. The van der Waals surface area contributed by atoms with Gasteiger partial charge in [0.2, 0.25) is 0 Å². The summed E-state index contributed by atoms with van der Waals surface area (Å²) in [6.45, 7) is 1.82. The van der Waals surface area contributed by atoms with E-state index in [4.69, 9.17) is 9.52 Å². The number of sulfone groups is 1.